The molecule has 1 rings (SSSR count). The third-order valence-corrected chi connectivity index (χ3v) is 3.74. The highest BCUT2D eigenvalue weighted by Crippen LogP contribution is 2.26. The first-order valence-corrected chi connectivity index (χ1v) is 7.11. The quantitative estimate of drug-likeness (QED) is 0.708. The molecule has 0 radical (unpaired) electrons. The summed E-state index contributed by atoms with van der Waals surface area (Å²) in [6.07, 6.45) is 5.61. The van der Waals surface area contributed by atoms with Crippen molar-refractivity contribution in [2.75, 3.05) is 13.7 Å². The van der Waals surface area contributed by atoms with Gasteiger partial charge in [-0.1, -0.05) is 19.8 Å². The van der Waals surface area contributed by atoms with Crippen molar-refractivity contribution in [1.82, 2.24) is 4.90 Å². The van der Waals surface area contributed by atoms with Crippen LogP contribution < -0.4 is 0 Å². The van der Waals surface area contributed by atoms with Crippen LogP contribution in [0.4, 0.5) is 0 Å². The number of hydrogen-bond donors (Lipinski definition) is 1. The van der Waals surface area contributed by atoms with Gasteiger partial charge in [-0.25, -0.2) is 0 Å². The first-order valence-electron chi connectivity index (χ1n) is 7.11. The molecule has 0 aromatic heterocycles. The van der Waals surface area contributed by atoms with Crippen LogP contribution in [0.2, 0.25) is 0 Å². The number of methoxy groups -OCH3 is 1. The Labute approximate surface area is 110 Å². The van der Waals surface area contributed by atoms with Gasteiger partial charge < -0.3 is 9.84 Å². The summed E-state index contributed by atoms with van der Waals surface area (Å²) in [5.74, 6) is -0.124. The van der Waals surface area contributed by atoms with Crippen LogP contribution in [-0.4, -0.2) is 47.8 Å². The zero-order valence-electron chi connectivity index (χ0n) is 11.9. The summed E-state index contributed by atoms with van der Waals surface area (Å²) in [7, 11) is 1.46. The van der Waals surface area contributed by atoms with E-state index in [0.717, 1.165) is 45.1 Å². The maximum atomic E-state index is 11.9. The average Bonchev–Trinajstić information content (AvgIpc) is 2.76. The third kappa shape index (κ3) is 4.25. The summed E-state index contributed by atoms with van der Waals surface area (Å²) < 4.78 is 4.93. The van der Waals surface area contributed by atoms with Crippen molar-refractivity contribution in [1.29, 1.82) is 0 Å². The summed E-state index contributed by atoms with van der Waals surface area (Å²) >= 11 is 0. The van der Waals surface area contributed by atoms with Crippen LogP contribution in [0.3, 0.4) is 0 Å². The van der Waals surface area contributed by atoms with Crippen molar-refractivity contribution < 1.29 is 14.6 Å². The van der Waals surface area contributed by atoms with Gasteiger partial charge in [0.15, 0.2) is 0 Å². The van der Waals surface area contributed by atoms with Gasteiger partial charge in [-0.2, -0.15) is 0 Å². The minimum Gasteiger partial charge on any atom is -0.468 e. The van der Waals surface area contributed by atoms with Crippen LogP contribution >= 0.6 is 0 Å². The molecule has 4 nitrogen and oxygen atoms in total. The van der Waals surface area contributed by atoms with Crippen LogP contribution in [0, 0.1) is 0 Å². The predicted octanol–water partition coefficient (Wildman–Crippen LogP) is 1.95. The SMILES string of the molecule is CCCCC(C(=O)OC)N1CCCC1CC(C)O. The second kappa shape index (κ2) is 7.74. The number of rotatable bonds is 7. The van der Waals surface area contributed by atoms with E-state index in [2.05, 4.69) is 11.8 Å². The Hall–Kier alpha value is -0.610. The lowest BCUT2D eigenvalue weighted by molar-refractivity contribution is -0.148. The number of hydrogen-bond acceptors (Lipinski definition) is 4. The lowest BCUT2D eigenvalue weighted by atomic mass is 10.0. The van der Waals surface area contributed by atoms with Gasteiger partial charge in [0.1, 0.15) is 6.04 Å². The molecule has 3 atom stereocenters. The minimum absolute atomic E-state index is 0.124. The Bertz CT molecular complexity index is 255. The van der Waals surface area contributed by atoms with Crippen molar-refractivity contribution in [2.45, 2.75) is 70.6 Å². The summed E-state index contributed by atoms with van der Waals surface area (Å²) in [5, 5.41) is 9.54. The van der Waals surface area contributed by atoms with E-state index in [1.807, 2.05) is 6.92 Å². The number of aliphatic hydroxyl groups is 1. The standard InChI is InChI=1S/C14H27NO3/c1-4-5-8-13(14(17)18-3)15-9-6-7-12(15)10-11(2)16/h11-13,16H,4-10H2,1-3H3. The fraction of sp³-hybridized carbons (Fsp3) is 0.929. The highest BCUT2D eigenvalue weighted by molar-refractivity contribution is 5.75. The first kappa shape index (κ1) is 15.4. The molecule has 0 aromatic carbocycles. The molecule has 1 aliphatic heterocycles. The molecule has 18 heavy (non-hydrogen) atoms. The second-order valence-electron chi connectivity index (χ2n) is 5.30. The Morgan fingerprint density at radius 2 is 2.28 bits per heavy atom. The molecule has 0 bridgehead atoms. The number of unbranched alkanes of at least 4 members (excludes halogenated alkanes) is 1. The van der Waals surface area contributed by atoms with E-state index < -0.39 is 0 Å². The van der Waals surface area contributed by atoms with E-state index >= 15 is 0 Å². The molecule has 1 N–H and O–H groups in total. The molecule has 0 spiro atoms. The minimum atomic E-state index is -0.305. The van der Waals surface area contributed by atoms with Crippen LogP contribution in [0.5, 0.6) is 0 Å². The molecular formula is C14H27NO3. The number of esters is 1. The molecule has 106 valence electrons. The Balaban J connectivity index is 2.66. The first-order chi connectivity index (χ1) is 8.60. The normalized spacial score (nSPS) is 23.9. The maximum Gasteiger partial charge on any atom is 0.323 e. The molecule has 0 amide bonds. The monoisotopic (exact) mass is 257 g/mol. The van der Waals surface area contributed by atoms with Gasteiger partial charge in [-0.3, -0.25) is 9.69 Å². The summed E-state index contributed by atoms with van der Waals surface area (Å²) in [6, 6.07) is 0.201. The lowest BCUT2D eigenvalue weighted by Gasteiger charge is -2.32. The van der Waals surface area contributed by atoms with Crippen molar-refractivity contribution in [3.63, 3.8) is 0 Å². The average molecular weight is 257 g/mol. The molecule has 3 unspecified atom stereocenters. The van der Waals surface area contributed by atoms with Crippen LogP contribution in [0.1, 0.15) is 52.4 Å². The molecular weight excluding hydrogens is 230 g/mol. The van der Waals surface area contributed by atoms with E-state index in [4.69, 9.17) is 4.74 Å². The molecule has 1 saturated heterocycles. The van der Waals surface area contributed by atoms with Gasteiger partial charge >= 0.3 is 5.97 Å². The van der Waals surface area contributed by atoms with E-state index in [1.54, 1.807) is 0 Å². The zero-order valence-corrected chi connectivity index (χ0v) is 11.9. The predicted molar refractivity (Wildman–Crippen MR) is 71.4 cm³/mol. The van der Waals surface area contributed by atoms with Gasteiger partial charge in [0.05, 0.1) is 13.2 Å². The zero-order chi connectivity index (χ0) is 13.5. The van der Waals surface area contributed by atoms with E-state index in [1.165, 1.54) is 7.11 Å². The van der Waals surface area contributed by atoms with Gasteiger partial charge in [-0.15, -0.1) is 0 Å². The summed E-state index contributed by atoms with van der Waals surface area (Å²) in [6.45, 7) is 4.89. The molecule has 4 heteroatoms. The third-order valence-electron chi connectivity index (χ3n) is 3.74. The molecule has 1 heterocycles. The molecule has 1 aliphatic rings. The van der Waals surface area contributed by atoms with Gasteiger partial charge in [-0.05, 0) is 39.2 Å². The molecule has 1 fully saturated rings. The molecule has 0 aromatic rings. The highest BCUT2D eigenvalue weighted by Gasteiger charge is 2.35. The van der Waals surface area contributed by atoms with Gasteiger partial charge in [0.2, 0.25) is 0 Å². The maximum absolute atomic E-state index is 11.9. The largest absolute Gasteiger partial charge is 0.468 e. The number of carbonyl (C=O) groups excluding carboxylic acids is 1. The van der Waals surface area contributed by atoms with E-state index in [9.17, 15) is 9.90 Å². The van der Waals surface area contributed by atoms with Crippen molar-refractivity contribution in [3.8, 4) is 0 Å². The number of ether oxygens (including phenoxy) is 1. The van der Waals surface area contributed by atoms with Gasteiger partial charge in [0.25, 0.3) is 0 Å². The summed E-state index contributed by atoms with van der Waals surface area (Å²) in [4.78, 5) is 14.2. The van der Waals surface area contributed by atoms with Crippen LogP contribution in [-0.2, 0) is 9.53 Å². The highest BCUT2D eigenvalue weighted by atomic mass is 16.5. The number of aliphatic hydroxyl groups excluding tert-OH is 1. The number of likely N-dealkylation sites (tertiary alicyclic amines) is 1. The smallest absolute Gasteiger partial charge is 0.323 e. The Morgan fingerprint density at radius 1 is 1.56 bits per heavy atom. The number of carbonyl (C=O) groups is 1. The fourth-order valence-electron chi connectivity index (χ4n) is 2.87. The lowest BCUT2D eigenvalue weighted by Crippen LogP contribution is -2.45. The Morgan fingerprint density at radius 3 is 2.83 bits per heavy atom. The van der Waals surface area contributed by atoms with Crippen molar-refractivity contribution in [3.05, 3.63) is 0 Å². The molecule has 0 aliphatic carbocycles. The van der Waals surface area contributed by atoms with Crippen LogP contribution in [0.15, 0.2) is 0 Å². The van der Waals surface area contributed by atoms with E-state index in [-0.39, 0.29) is 18.1 Å². The van der Waals surface area contributed by atoms with Crippen molar-refractivity contribution >= 4 is 5.97 Å². The number of nitrogens with zero attached hydrogens (tertiary/aromatic N) is 1. The van der Waals surface area contributed by atoms with E-state index in [0.29, 0.717) is 6.04 Å². The fourth-order valence-corrected chi connectivity index (χ4v) is 2.87. The van der Waals surface area contributed by atoms with Gasteiger partial charge in [0, 0.05) is 6.04 Å². The summed E-state index contributed by atoms with van der Waals surface area (Å²) in [5.41, 5.74) is 0. The van der Waals surface area contributed by atoms with Crippen molar-refractivity contribution in [2.24, 2.45) is 0 Å². The van der Waals surface area contributed by atoms with Crippen LogP contribution in [0.25, 0.3) is 0 Å². The second-order valence-corrected chi connectivity index (χ2v) is 5.30. The topological polar surface area (TPSA) is 49.8 Å². The molecule has 0 saturated carbocycles. The Kier molecular flexibility index (Phi) is 6.65.